The lowest BCUT2D eigenvalue weighted by molar-refractivity contribution is 0.0399. The van der Waals surface area contributed by atoms with Crippen molar-refractivity contribution >= 4 is 0 Å². The highest BCUT2D eigenvalue weighted by molar-refractivity contribution is 4.87. The second-order valence-corrected chi connectivity index (χ2v) is 3.80. The molecule has 1 saturated carbocycles. The number of nitrogens with two attached hydrogens (primary N) is 1. The lowest BCUT2D eigenvalue weighted by atomic mass is 9.73. The molecule has 0 saturated heterocycles. The zero-order valence-electron chi connectivity index (χ0n) is 7.28. The van der Waals surface area contributed by atoms with Crippen LogP contribution >= 0.6 is 0 Å². The molecular weight excluding hydrogens is 141 g/mol. The maximum atomic E-state index is 13.7. The number of alkyl halides is 1. The first-order chi connectivity index (χ1) is 5.17. The largest absolute Gasteiger partial charge is 0.330 e. The van der Waals surface area contributed by atoms with Crippen LogP contribution in [0.15, 0.2) is 0 Å². The van der Waals surface area contributed by atoms with Crippen molar-refractivity contribution < 1.29 is 4.39 Å². The van der Waals surface area contributed by atoms with Gasteiger partial charge in [-0.3, -0.25) is 0 Å². The zero-order chi connectivity index (χ0) is 8.32. The van der Waals surface area contributed by atoms with Crippen molar-refractivity contribution in [2.75, 3.05) is 6.54 Å². The van der Waals surface area contributed by atoms with Crippen molar-refractivity contribution in [3.63, 3.8) is 0 Å². The topological polar surface area (TPSA) is 26.0 Å². The molecule has 11 heavy (non-hydrogen) atoms. The molecule has 1 unspecified atom stereocenters. The van der Waals surface area contributed by atoms with Gasteiger partial charge < -0.3 is 5.73 Å². The maximum absolute atomic E-state index is 13.7. The van der Waals surface area contributed by atoms with Crippen LogP contribution in [-0.2, 0) is 0 Å². The fourth-order valence-electron chi connectivity index (χ4n) is 1.66. The molecule has 1 fully saturated rings. The minimum Gasteiger partial charge on any atom is -0.330 e. The molecule has 0 aliphatic heterocycles. The lowest BCUT2D eigenvalue weighted by Crippen LogP contribution is -2.35. The maximum Gasteiger partial charge on any atom is 0.111 e. The average Bonchev–Trinajstić information content (AvgIpc) is 1.78. The summed E-state index contributed by atoms with van der Waals surface area (Å²) in [6, 6.07) is 0. The van der Waals surface area contributed by atoms with Crippen LogP contribution in [0.5, 0.6) is 0 Å². The van der Waals surface area contributed by atoms with E-state index in [0.717, 1.165) is 19.3 Å². The summed E-state index contributed by atoms with van der Waals surface area (Å²) in [6.07, 6.45) is 4.85. The lowest BCUT2D eigenvalue weighted by Gasteiger charge is -2.36. The van der Waals surface area contributed by atoms with Gasteiger partial charge in [-0.05, 0) is 45.1 Å². The molecular formula is C9H18FN. The predicted molar refractivity (Wildman–Crippen MR) is 45.1 cm³/mol. The highest BCUT2D eigenvalue weighted by Crippen LogP contribution is 2.40. The van der Waals surface area contributed by atoms with E-state index in [1.807, 2.05) is 0 Å². The summed E-state index contributed by atoms with van der Waals surface area (Å²) in [6.45, 7) is 2.35. The molecule has 0 spiro atoms. The summed E-state index contributed by atoms with van der Waals surface area (Å²) in [4.78, 5) is 0. The molecule has 1 atom stereocenters. The van der Waals surface area contributed by atoms with Crippen LogP contribution in [0.2, 0.25) is 0 Å². The van der Waals surface area contributed by atoms with Crippen molar-refractivity contribution in [2.45, 2.75) is 44.7 Å². The Balaban J connectivity index is 2.25. The SMILES string of the molecule is CC(F)(CCCN)C1CCC1. The van der Waals surface area contributed by atoms with E-state index in [1.165, 1.54) is 6.42 Å². The minimum atomic E-state index is -0.933. The summed E-state index contributed by atoms with van der Waals surface area (Å²) < 4.78 is 13.7. The van der Waals surface area contributed by atoms with Gasteiger partial charge in [-0.1, -0.05) is 6.42 Å². The first-order valence-corrected chi connectivity index (χ1v) is 4.56. The molecule has 0 aromatic heterocycles. The Bertz CT molecular complexity index is 119. The summed E-state index contributed by atoms with van der Waals surface area (Å²) >= 11 is 0. The zero-order valence-corrected chi connectivity index (χ0v) is 7.28. The Labute approximate surface area is 68.2 Å². The Morgan fingerprint density at radius 3 is 2.55 bits per heavy atom. The Morgan fingerprint density at radius 1 is 1.55 bits per heavy atom. The molecule has 0 aromatic carbocycles. The molecule has 0 heterocycles. The van der Waals surface area contributed by atoms with Crippen molar-refractivity contribution in [3.8, 4) is 0 Å². The minimum absolute atomic E-state index is 0.328. The fourth-order valence-corrected chi connectivity index (χ4v) is 1.66. The van der Waals surface area contributed by atoms with Gasteiger partial charge in [-0.15, -0.1) is 0 Å². The van der Waals surface area contributed by atoms with Gasteiger partial charge >= 0.3 is 0 Å². The van der Waals surface area contributed by atoms with Gasteiger partial charge in [0, 0.05) is 0 Å². The van der Waals surface area contributed by atoms with E-state index < -0.39 is 5.67 Å². The van der Waals surface area contributed by atoms with Crippen LogP contribution < -0.4 is 5.73 Å². The molecule has 0 radical (unpaired) electrons. The number of hydrogen-bond donors (Lipinski definition) is 1. The monoisotopic (exact) mass is 159 g/mol. The summed E-state index contributed by atoms with van der Waals surface area (Å²) in [5, 5.41) is 0. The van der Waals surface area contributed by atoms with Crippen LogP contribution in [0, 0.1) is 5.92 Å². The second kappa shape index (κ2) is 3.53. The second-order valence-electron chi connectivity index (χ2n) is 3.80. The smallest absolute Gasteiger partial charge is 0.111 e. The van der Waals surface area contributed by atoms with Crippen molar-refractivity contribution in [2.24, 2.45) is 11.7 Å². The Hall–Kier alpha value is -0.110. The summed E-state index contributed by atoms with van der Waals surface area (Å²) in [5.74, 6) is 0.328. The van der Waals surface area contributed by atoms with Crippen molar-refractivity contribution in [1.29, 1.82) is 0 Å². The van der Waals surface area contributed by atoms with Gasteiger partial charge in [0.2, 0.25) is 0 Å². The number of hydrogen-bond acceptors (Lipinski definition) is 1. The molecule has 1 nitrogen and oxygen atoms in total. The van der Waals surface area contributed by atoms with Gasteiger partial charge in [0.15, 0.2) is 0 Å². The first kappa shape index (κ1) is 8.98. The van der Waals surface area contributed by atoms with Gasteiger partial charge in [-0.25, -0.2) is 4.39 Å². The van der Waals surface area contributed by atoms with Crippen LogP contribution in [0.3, 0.4) is 0 Å². The Morgan fingerprint density at radius 2 is 2.18 bits per heavy atom. The van der Waals surface area contributed by atoms with Crippen molar-refractivity contribution in [1.82, 2.24) is 0 Å². The standard InChI is InChI=1S/C9H18FN/c1-9(10,6-3-7-11)8-4-2-5-8/h8H,2-7,11H2,1H3. The van der Waals surface area contributed by atoms with Gasteiger partial charge in [0.05, 0.1) is 0 Å². The van der Waals surface area contributed by atoms with E-state index in [0.29, 0.717) is 18.9 Å². The molecule has 1 rings (SSSR count). The average molecular weight is 159 g/mol. The molecule has 2 heteroatoms. The molecule has 1 aliphatic rings. The molecule has 2 N–H and O–H groups in total. The number of halogens is 1. The highest BCUT2D eigenvalue weighted by Gasteiger charge is 2.37. The van der Waals surface area contributed by atoms with Crippen LogP contribution in [0.25, 0.3) is 0 Å². The predicted octanol–water partition coefficient (Wildman–Crippen LogP) is 2.25. The molecule has 0 amide bonds. The van der Waals surface area contributed by atoms with Crippen molar-refractivity contribution in [3.05, 3.63) is 0 Å². The third-order valence-corrected chi connectivity index (χ3v) is 2.83. The molecule has 66 valence electrons. The van der Waals surface area contributed by atoms with Crippen LogP contribution in [-0.4, -0.2) is 12.2 Å². The number of rotatable bonds is 4. The third kappa shape index (κ3) is 2.16. The quantitative estimate of drug-likeness (QED) is 0.669. The molecule has 0 bridgehead atoms. The summed E-state index contributed by atoms with van der Waals surface area (Å²) in [7, 11) is 0. The molecule has 0 aromatic rings. The van der Waals surface area contributed by atoms with Crippen LogP contribution in [0.1, 0.15) is 39.0 Å². The van der Waals surface area contributed by atoms with E-state index in [4.69, 9.17) is 5.73 Å². The van der Waals surface area contributed by atoms with Gasteiger partial charge in [0.1, 0.15) is 5.67 Å². The fraction of sp³-hybridized carbons (Fsp3) is 1.00. The Kier molecular flexibility index (Phi) is 2.88. The summed E-state index contributed by atoms with van der Waals surface area (Å²) in [5.41, 5.74) is 4.40. The van der Waals surface area contributed by atoms with E-state index in [9.17, 15) is 4.39 Å². The first-order valence-electron chi connectivity index (χ1n) is 4.56. The van der Waals surface area contributed by atoms with Gasteiger partial charge in [-0.2, -0.15) is 0 Å². The van der Waals surface area contributed by atoms with E-state index in [-0.39, 0.29) is 0 Å². The highest BCUT2D eigenvalue weighted by atomic mass is 19.1. The van der Waals surface area contributed by atoms with E-state index >= 15 is 0 Å². The molecule has 1 aliphatic carbocycles. The van der Waals surface area contributed by atoms with Crippen LogP contribution in [0.4, 0.5) is 4.39 Å². The van der Waals surface area contributed by atoms with Gasteiger partial charge in [0.25, 0.3) is 0 Å². The normalized spacial score (nSPS) is 24.3. The van der Waals surface area contributed by atoms with E-state index in [2.05, 4.69) is 0 Å². The van der Waals surface area contributed by atoms with E-state index in [1.54, 1.807) is 6.92 Å². The third-order valence-electron chi connectivity index (χ3n) is 2.83.